The molecule has 0 heterocycles. The number of rotatable bonds is 5. The van der Waals surface area contributed by atoms with Crippen LogP contribution in [-0.2, 0) is 17.6 Å². The first kappa shape index (κ1) is 18.5. The zero-order valence-corrected chi connectivity index (χ0v) is 16.3. The Morgan fingerprint density at radius 1 is 1.08 bits per heavy atom. The highest BCUT2D eigenvalue weighted by molar-refractivity contribution is 5.81. The zero-order valence-electron chi connectivity index (χ0n) is 16.3. The molecule has 2 aromatic carbocycles. The maximum Gasteiger partial charge on any atom is 0.261 e. The van der Waals surface area contributed by atoms with E-state index in [-0.39, 0.29) is 11.9 Å². The summed E-state index contributed by atoms with van der Waals surface area (Å²) in [6.07, 6.45) is 4.06. The van der Waals surface area contributed by atoms with Crippen molar-refractivity contribution in [2.45, 2.75) is 65.5 Å². The fraction of sp³-hybridized carbons (Fsp3) is 0.435. The summed E-state index contributed by atoms with van der Waals surface area (Å²) in [5, 5.41) is 3.10. The molecule has 0 saturated carbocycles. The van der Waals surface area contributed by atoms with E-state index in [2.05, 4.69) is 43.4 Å². The second-order valence-electron chi connectivity index (χ2n) is 7.45. The molecule has 0 aliphatic heterocycles. The van der Waals surface area contributed by atoms with Gasteiger partial charge in [-0.05, 0) is 81.7 Å². The third-order valence-corrected chi connectivity index (χ3v) is 5.29. The number of hydrogen-bond donors (Lipinski definition) is 1. The van der Waals surface area contributed by atoms with Crippen LogP contribution in [0.4, 0.5) is 0 Å². The van der Waals surface area contributed by atoms with Crippen LogP contribution in [0.5, 0.6) is 5.75 Å². The summed E-state index contributed by atoms with van der Waals surface area (Å²) >= 11 is 0. The monoisotopic (exact) mass is 351 g/mol. The number of carbonyl (C=O) groups excluding carboxylic acids is 1. The highest BCUT2D eigenvalue weighted by atomic mass is 16.5. The molecule has 1 aliphatic carbocycles. The molecule has 26 heavy (non-hydrogen) atoms. The molecule has 3 rings (SSSR count). The fourth-order valence-corrected chi connectivity index (χ4v) is 3.74. The third kappa shape index (κ3) is 4.09. The van der Waals surface area contributed by atoms with Gasteiger partial charge in [-0.2, -0.15) is 0 Å². The van der Waals surface area contributed by atoms with Gasteiger partial charge in [-0.1, -0.05) is 35.9 Å². The number of fused-ring (bicyclic) bond motifs is 1. The molecular weight excluding hydrogens is 322 g/mol. The Labute approximate surface area is 156 Å². The molecule has 2 aromatic rings. The molecule has 0 spiro atoms. The predicted molar refractivity (Wildman–Crippen MR) is 106 cm³/mol. The van der Waals surface area contributed by atoms with Gasteiger partial charge in [0.1, 0.15) is 5.75 Å². The molecule has 1 aliphatic rings. The number of nitrogens with one attached hydrogen (secondary N) is 1. The maximum absolute atomic E-state index is 12.7. The lowest BCUT2D eigenvalue weighted by Crippen LogP contribution is -2.38. The van der Waals surface area contributed by atoms with Crippen molar-refractivity contribution in [1.29, 1.82) is 0 Å². The van der Waals surface area contributed by atoms with E-state index in [0.29, 0.717) is 0 Å². The van der Waals surface area contributed by atoms with Crippen molar-refractivity contribution in [2.24, 2.45) is 0 Å². The van der Waals surface area contributed by atoms with Gasteiger partial charge in [-0.15, -0.1) is 0 Å². The summed E-state index contributed by atoms with van der Waals surface area (Å²) in [7, 11) is 0. The van der Waals surface area contributed by atoms with E-state index in [9.17, 15) is 4.79 Å². The molecule has 0 bridgehead atoms. The molecule has 0 radical (unpaired) electrons. The highest BCUT2D eigenvalue weighted by Crippen LogP contribution is 2.30. The van der Waals surface area contributed by atoms with Crippen LogP contribution < -0.4 is 10.1 Å². The first-order chi connectivity index (χ1) is 12.5. The standard InChI is InChI=1S/C23H29NO2/c1-15-12-13-16(2)21(14-15)17(3)24-23(25)18(4)26-22-11-7-9-19-8-5-6-10-20(19)22/h7,9,11-14,17-18H,5-6,8,10H2,1-4H3,(H,24,25)/t17-,18-/m1/s1. The van der Waals surface area contributed by atoms with Crippen LogP contribution in [0, 0.1) is 13.8 Å². The first-order valence-electron chi connectivity index (χ1n) is 9.60. The van der Waals surface area contributed by atoms with Gasteiger partial charge in [-0.25, -0.2) is 0 Å². The number of aryl methyl sites for hydroxylation is 3. The largest absolute Gasteiger partial charge is 0.481 e. The Kier molecular flexibility index (Phi) is 5.65. The predicted octanol–water partition coefficient (Wildman–Crippen LogP) is 4.83. The average Bonchev–Trinajstić information content (AvgIpc) is 2.63. The lowest BCUT2D eigenvalue weighted by Gasteiger charge is -2.23. The van der Waals surface area contributed by atoms with E-state index in [4.69, 9.17) is 4.74 Å². The molecule has 138 valence electrons. The molecule has 0 unspecified atom stereocenters. The van der Waals surface area contributed by atoms with Gasteiger partial charge in [0.2, 0.25) is 0 Å². The number of amides is 1. The smallest absolute Gasteiger partial charge is 0.261 e. The summed E-state index contributed by atoms with van der Waals surface area (Å²) < 4.78 is 6.05. The number of ether oxygens (including phenoxy) is 1. The van der Waals surface area contributed by atoms with Crippen LogP contribution in [0.1, 0.15) is 60.5 Å². The Morgan fingerprint density at radius 3 is 2.65 bits per heavy atom. The topological polar surface area (TPSA) is 38.3 Å². The van der Waals surface area contributed by atoms with Crippen LogP contribution >= 0.6 is 0 Å². The second-order valence-corrected chi connectivity index (χ2v) is 7.45. The number of hydrogen-bond acceptors (Lipinski definition) is 2. The lowest BCUT2D eigenvalue weighted by molar-refractivity contribution is -0.127. The minimum Gasteiger partial charge on any atom is -0.481 e. The van der Waals surface area contributed by atoms with E-state index in [1.807, 2.05) is 26.0 Å². The molecule has 1 amide bonds. The molecule has 3 heteroatoms. The first-order valence-corrected chi connectivity index (χ1v) is 9.60. The molecule has 1 N–H and O–H groups in total. The van der Waals surface area contributed by atoms with E-state index in [1.54, 1.807) is 0 Å². The zero-order chi connectivity index (χ0) is 18.7. The molecular formula is C23H29NO2. The third-order valence-electron chi connectivity index (χ3n) is 5.29. The van der Waals surface area contributed by atoms with Crippen LogP contribution in [0.15, 0.2) is 36.4 Å². The van der Waals surface area contributed by atoms with Gasteiger partial charge in [-0.3, -0.25) is 4.79 Å². The summed E-state index contributed by atoms with van der Waals surface area (Å²) in [6.45, 7) is 8.00. The molecule has 0 saturated heterocycles. The van der Waals surface area contributed by atoms with E-state index in [0.717, 1.165) is 24.2 Å². The van der Waals surface area contributed by atoms with Crippen molar-refractivity contribution in [3.8, 4) is 5.75 Å². The highest BCUT2D eigenvalue weighted by Gasteiger charge is 2.21. The van der Waals surface area contributed by atoms with Gasteiger partial charge in [0.05, 0.1) is 6.04 Å². The minimum absolute atomic E-state index is 0.0434. The normalized spacial score (nSPS) is 15.7. The van der Waals surface area contributed by atoms with Crippen LogP contribution in [-0.4, -0.2) is 12.0 Å². The lowest BCUT2D eigenvalue weighted by atomic mass is 9.91. The van der Waals surface area contributed by atoms with E-state index in [1.165, 1.54) is 35.1 Å². The summed E-state index contributed by atoms with van der Waals surface area (Å²) in [5.41, 5.74) is 6.19. The van der Waals surface area contributed by atoms with E-state index >= 15 is 0 Å². The van der Waals surface area contributed by atoms with Gasteiger partial charge in [0.25, 0.3) is 5.91 Å². The van der Waals surface area contributed by atoms with E-state index < -0.39 is 6.10 Å². The molecule has 0 aromatic heterocycles. The summed E-state index contributed by atoms with van der Waals surface area (Å²) in [4.78, 5) is 12.7. The van der Waals surface area contributed by atoms with Crippen LogP contribution in [0.2, 0.25) is 0 Å². The van der Waals surface area contributed by atoms with Crippen LogP contribution in [0.3, 0.4) is 0 Å². The van der Waals surface area contributed by atoms with Crippen molar-refractivity contribution in [2.75, 3.05) is 0 Å². The Bertz CT molecular complexity index is 797. The molecule has 2 atom stereocenters. The maximum atomic E-state index is 12.7. The Balaban J connectivity index is 1.68. The van der Waals surface area contributed by atoms with Crippen molar-refractivity contribution < 1.29 is 9.53 Å². The van der Waals surface area contributed by atoms with Gasteiger partial charge < -0.3 is 10.1 Å². The summed E-state index contributed by atoms with van der Waals surface area (Å²) in [5.74, 6) is 0.788. The SMILES string of the molecule is Cc1ccc(C)c([C@@H](C)NC(=O)[C@@H](C)Oc2cccc3c2CCCC3)c1. The average molecular weight is 351 g/mol. The van der Waals surface area contributed by atoms with Gasteiger partial charge in [0.15, 0.2) is 6.10 Å². The van der Waals surface area contributed by atoms with Crippen molar-refractivity contribution in [3.63, 3.8) is 0 Å². The Hall–Kier alpha value is -2.29. The summed E-state index contributed by atoms with van der Waals surface area (Å²) in [6, 6.07) is 12.5. The van der Waals surface area contributed by atoms with Crippen molar-refractivity contribution in [1.82, 2.24) is 5.32 Å². The quantitative estimate of drug-likeness (QED) is 0.838. The molecule has 3 nitrogen and oxygen atoms in total. The van der Waals surface area contributed by atoms with Gasteiger partial charge >= 0.3 is 0 Å². The Morgan fingerprint density at radius 2 is 1.85 bits per heavy atom. The number of carbonyl (C=O) groups is 1. The number of benzene rings is 2. The van der Waals surface area contributed by atoms with Gasteiger partial charge in [0, 0.05) is 0 Å². The van der Waals surface area contributed by atoms with Crippen molar-refractivity contribution in [3.05, 3.63) is 64.2 Å². The second kappa shape index (κ2) is 7.94. The fourth-order valence-electron chi connectivity index (χ4n) is 3.74. The van der Waals surface area contributed by atoms with Crippen molar-refractivity contribution >= 4 is 5.91 Å². The minimum atomic E-state index is -0.518. The van der Waals surface area contributed by atoms with Crippen LogP contribution in [0.25, 0.3) is 0 Å². The molecule has 0 fully saturated rings.